The van der Waals surface area contributed by atoms with Crippen LogP contribution in [0.5, 0.6) is 0 Å². The minimum atomic E-state index is 0.646. The molecule has 0 spiro atoms. The molecule has 2 rings (SSSR count). The third-order valence-corrected chi connectivity index (χ3v) is 2.47. The lowest BCUT2D eigenvalue weighted by atomic mass is 10.1. The summed E-state index contributed by atoms with van der Waals surface area (Å²) in [5, 5.41) is 7.76. The molecular formula is C10H15N3O. The largest absolute Gasteiger partial charge is 0.444 e. The summed E-state index contributed by atoms with van der Waals surface area (Å²) in [6, 6.07) is 0. The Morgan fingerprint density at radius 1 is 1.57 bits per heavy atom. The van der Waals surface area contributed by atoms with Crippen LogP contribution in [0.3, 0.4) is 0 Å². The van der Waals surface area contributed by atoms with Gasteiger partial charge in [-0.3, -0.25) is 5.41 Å². The van der Waals surface area contributed by atoms with Crippen LogP contribution in [0.25, 0.3) is 0 Å². The summed E-state index contributed by atoms with van der Waals surface area (Å²) in [6.45, 7) is 3.49. The average molecular weight is 193 g/mol. The first kappa shape index (κ1) is 9.24. The Morgan fingerprint density at radius 2 is 2.43 bits per heavy atom. The predicted molar refractivity (Wildman–Crippen MR) is 53.2 cm³/mol. The third-order valence-electron chi connectivity index (χ3n) is 2.47. The lowest BCUT2D eigenvalue weighted by Crippen LogP contribution is -2.34. The Morgan fingerprint density at radius 3 is 3.07 bits per heavy atom. The van der Waals surface area contributed by atoms with Crippen LogP contribution in [0.4, 0.5) is 0 Å². The molecule has 0 aromatic carbocycles. The fraction of sp³-hybridized carbons (Fsp3) is 0.600. The second kappa shape index (κ2) is 3.82. The number of aromatic nitrogens is 1. The number of oxazole rings is 1. The van der Waals surface area contributed by atoms with Gasteiger partial charge in [0.25, 0.3) is 0 Å². The van der Waals surface area contributed by atoms with Gasteiger partial charge >= 0.3 is 0 Å². The number of aryl methyl sites for hydroxylation is 1. The van der Waals surface area contributed by atoms with E-state index in [-0.39, 0.29) is 0 Å². The van der Waals surface area contributed by atoms with Gasteiger partial charge in [-0.25, -0.2) is 4.98 Å². The molecule has 0 amide bonds. The molecule has 1 fully saturated rings. The van der Waals surface area contributed by atoms with Crippen LogP contribution in [0.15, 0.2) is 10.6 Å². The number of rotatable bonds is 2. The van der Waals surface area contributed by atoms with Crippen molar-refractivity contribution in [2.45, 2.75) is 32.7 Å². The van der Waals surface area contributed by atoms with Gasteiger partial charge in [0.2, 0.25) is 5.89 Å². The molecule has 4 nitrogen and oxygen atoms in total. The van der Waals surface area contributed by atoms with Crippen molar-refractivity contribution in [3.05, 3.63) is 17.8 Å². The summed E-state index contributed by atoms with van der Waals surface area (Å²) in [5.74, 6) is 2.27. The van der Waals surface area contributed by atoms with Crippen molar-refractivity contribution in [2.75, 3.05) is 6.54 Å². The SMILES string of the molecule is Cc1cnc(CN2CCCCC2=N)o1. The van der Waals surface area contributed by atoms with Crippen LogP contribution in [0.1, 0.15) is 30.9 Å². The summed E-state index contributed by atoms with van der Waals surface area (Å²) in [6.07, 6.45) is 4.92. The number of nitrogens with zero attached hydrogens (tertiary/aromatic N) is 2. The van der Waals surface area contributed by atoms with Gasteiger partial charge in [-0.1, -0.05) is 0 Å². The fourth-order valence-corrected chi connectivity index (χ4v) is 1.70. The average Bonchev–Trinajstić information content (AvgIpc) is 2.56. The molecule has 1 aromatic rings. The summed E-state index contributed by atoms with van der Waals surface area (Å²) >= 11 is 0. The lowest BCUT2D eigenvalue weighted by molar-refractivity contribution is 0.316. The van der Waals surface area contributed by atoms with Crippen LogP contribution in [0, 0.1) is 12.3 Å². The van der Waals surface area contributed by atoms with Gasteiger partial charge in [-0.2, -0.15) is 0 Å². The van der Waals surface area contributed by atoms with Gasteiger partial charge in [0.05, 0.1) is 18.6 Å². The van der Waals surface area contributed by atoms with E-state index in [1.54, 1.807) is 6.20 Å². The van der Waals surface area contributed by atoms with Gasteiger partial charge in [-0.05, 0) is 19.8 Å². The zero-order chi connectivity index (χ0) is 9.97. The van der Waals surface area contributed by atoms with E-state index in [9.17, 15) is 0 Å². The quantitative estimate of drug-likeness (QED) is 0.781. The molecule has 0 radical (unpaired) electrons. The molecule has 0 aliphatic carbocycles. The fourth-order valence-electron chi connectivity index (χ4n) is 1.70. The van der Waals surface area contributed by atoms with Gasteiger partial charge in [0, 0.05) is 13.0 Å². The van der Waals surface area contributed by atoms with Crippen molar-refractivity contribution in [3.8, 4) is 0 Å². The number of piperidine rings is 1. The number of likely N-dealkylation sites (tertiary alicyclic amines) is 1. The summed E-state index contributed by atoms with van der Waals surface area (Å²) < 4.78 is 5.39. The van der Waals surface area contributed by atoms with Crippen LogP contribution in [0.2, 0.25) is 0 Å². The van der Waals surface area contributed by atoms with E-state index in [1.807, 2.05) is 11.8 Å². The number of amidine groups is 1. The van der Waals surface area contributed by atoms with E-state index in [4.69, 9.17) is 9.83 Å². The maximum absolute atomic E-state index is 7.76. The number of nitrogens with one attached hydrogen (secondary N) is 1. The molecule has 1 aromatic heterocycles. The third kappa shape index (κ3) is 1.95. The minimum absolute atomic E-state index is 0.646. The number of hydrogen-bond acceptors (Lipinski definition) is 3. The zero-order valence-corrected chi connectivity index (χ0v) is 8.42. The highest BCUT2D eigenvalue weighted by Gasteiger charge is 2.16. The smallest absolute Gasteiger partial charge is 0.213 e. The lowest BCUT2D eigenvalue weighted by Gasteiger charge is -2.27. The van der Waals surface area contributed by atoms with Crippen molar-refractivity contribution in [1.82, 2.24) is 9.88 Å². The molecule has 0 bridgehead atoms. The second-order valence-corrected chi connectivity index (χ2v) is 3.69. The molecule has 1 aliphatic rings. The molecule has 2 heterocycles. The topological polar surface area (TPSA) is 53.1 Å². The Kier molecular flexibility index (Phi) is 2.52. The monoisotopic (exact) mass is 193 g/mol. The first-order chi connectivity index (χ1) is 6.75. The van der Waals surface area contributed by atoms with Crippen LogP contribution in [-0.2, 0) is 6.54 Å². The molecular weight excluding hydrogens is 178 g/mol. The van der Waals surface area contributed by atoms with E-state index < -0.39 is 0 Å². The van der Waals surface area contributed by atoms with Crippen molar-refractivity contribution in [1.29, 1.82) is 5.41 Å². The summed E-state index contributed by atoms with van der Waals surface area (Å²) in [7, 11) is 0. The van der Waals surface area contributed by atoms with Crippen LogP contribution >= 0.6 is 0 Å². The van der Waals surface area contributed by atoms with Crippen LogP contribution in [-0.4, -0.2) is 22.3 Å². The highest BCUT2D eigenvalue weighted by atomic mass is 16.4. The van der Waals surface area contributed by atoms with Crippen molar-refractivity contribution in [3.63, 3.8) is 0 Å². The molecule has 0 atom stereocenters. The molecule has 4 heteroatoms. The maximum atomic E-state index is 7.76. The molecule has 0 saturated carbocycles. The first-order valence-corrected chi connectivity index (χ1v) is 4.99. The first-order valence-electron chi connectivity index (χ1n) is 4.99. The predicted octanol–water partition coefficient (Wildman–Crippen LogP) is 1.95. The Balaban J connectivity index is 1.99. The summed E-state index contributed by atoms with van der Waals surface area (Å²) in [4.78, 5) is 6.18. The van der Waals surface area contributed by atoms with E-state index in [0.29, 0.717) is 18.3 Å². The molecule has 1 aliphatic heterocycles. The molecule has 0 unspecified atom stereocenters. The molecule has 14 heavy (non-hydrogen) atoms. The Hall–Kier alpha value is -1.32. The maximum Gasteiger partial charge on any atom is 0.213 e. The molecule has 76 valence electrons. The van der Waals surface area contributed by atoms with Gasteiger partial charge in [0.15, 0.2) is 0 Å². The van der Waals surface area contributed by atoms with Crippen molar-refractivity contribution < 1.29 is 4.42 Å². The highest BCUT2D eigenvalue weighted by Crippen LogP contribution is 2.14. The summed E-state index contributed by atoms with van der Waals surface area (Å²) in [5.41, 5.74) is 0. The zero-order valence-electron chi connectivity index (χ0n) is 8.42. The molecule has 1 N–H and O–H groups in total. The van der Waals surface area contributed by atoms with Crippen molar-refractivity contribution in [2.24, 2.45) is 0 Å². The second-order valence-electron chi connectivity index (χ2n) is 3.69. The van der Waals surface area contributed by atoms with Gasteiger partial charge < -0.3 is 9.32 Å². The van der Waals surface area contributed by atoms with Gasteiger partial charge in [-0.15, -0.1) is 0 Å². The normalized spacial score (nSPS) is 17.5. The van der Waals surface area contributed by atoms with Gasteiger partial charge in [0.1, 0.15) is 5.76 Å². The van der Waals surface area contributed by atoms with E-state index in [2.05, 4.69) is 4.98 Å². The number of hydrogen-bond donors (Lipinski definition) is 1. The Bertz CT molecular complexity index is 332. The Labute approximate surface area is 83.4 Å². The van der Waals surface area contributed by atoms with E-state index in [1.165, 1.54) is 6.42 Å². The standard InChI is InChI=1S/C10H15N3O/c1-8-6-12-10(14-8)7-13-5-3-2-4-9(13)11/h6,11H,2-5,7H2,1H3. The van der Waals surface area contributed by atoms with E-state index in [0.717, 1.165) is 25.1 Å². The highest BCUT2D eigenvalue weighted by molar-refractivity contribution is 5.79. The van der Waals surface area contributed by atoms with Crippen molar-refractivity contribution >= 4 is 5.84 Å². The van der Waals surface area contributed by atoms with Crippen LogP contribution < -0.4 is 0 Å². The minimum Gasteiger partial charge on any atom is -0.444 e. The molecule has 1 saturated heterocycles. The van der Waals surface area contributed by atoms with E-state index >= 15 is 0 Å².